The zero-order valence-corrected chi connectivity index (χ0v) is 30.9. The number of hydrogen-bond acceptors (Lipinski definition) is 2. The molecule has 54 heavy (non-hydrogen) atoms. The molecule has 3 heteroatoms. The number of aromatic nitrogens is 1. The molecule has 0 aliphatic heterocycles. The summed E-state index contributed by atoms with van der Waals surface area (Å²) in [6.45, 7) is 4.71. The minimum Gasteiger partial charge on any atom is -0.310 e. The largest absolute Gasteiger partial charge is 0.310 e. The second-order valence-electron chi connectivity index (χ2n) is 15.0. The Balaban J connectivity index is 1.15. The van der Waals surface area contributed by atoms with Gasteiger partial charge in [-0.3, -0.25) is 0 Å². The van der Waals surface area contributed by atoms with Gasteiger partial charge in [0.15, 0.2) is 0 Å². The second-order valence-corrected chi connectivity index (χ2v) is 16.0. The van der Waals surface area contributed by atoms with Crippen LogP contribution in [0.2, 0.25) is 0 Å². The summed E-state index contributed by atoms with van der Waals surface area (Å²) >= 11 is 1.90. The Morgan fingerprint density at radius 1 is 0.463 bits per heavy atom. The predicted molar refractivity (Wildman–Crippen MR) is 231 cm³/mol. The van der Waals surface area contributed by atoms with E-state index in [1.54, 1.807) is 0 Å². The van der Waals surface area contributed by atoms with Crippen molar-refractivity contribution in [1.29, 1.82) is 0 Å². The fourth-order valence-corrected chi connectivity index (χ4v) is 10.2. The first-order valence-electron chi connectivity index (χ1n) is 18.7. The first-order chi connectivity index (χ1) is 26.5. The van der Waals surface area contributed by atoms with Crippen LogP contribution in [0.1, 0.15) is 25.0 Å². The molecule has 0 N–H and O–H groups in total. The van der Waals surface area contributed by atoms with E-state index in [1.165, 1.54) is 81.0 Å². The molecular formula is C51H36N2S. The average Bonchev–Trinajstić information content (AvgIpc) is 3.84. The smallest absolute Gasteiger partial charge is 0.0719 e. The van der Waals surface area contributed by atoms with Crippen molar-refractivity contribution in [3.63, 3.8) is 0 Å². The summed E-state index contributed by atoms with van der Waals surface area (Å²) in [5.41, 5.74) is 14.9. The molecule has 0 amide bonds. The van der Waals surface area contributed by atoms with Crippen LogP contribution in [-0.2, 0) is 5.41 Å². The molecule has 0 unspecified atom stereocenters. The Hall–Kier alpha value is -6.42. The molecule has 11 rings (SSSR count). The third-order valence-electron chi connectivity index (χ3n) is 11.6. The van der Waals surface area contributed by atoms with E-state index >= 15 is 0 Å². The monoisotopic (exact) mass is 708 g/mol. The van der Waals surface area contributed by atoms with E-state index < -0.39 is 0 Å². The topological polar surface area (TPSA) is 8.17 Å². The minimum atomic E-state index is -0.0885. The Morgan fingerprint density at radius 3 is 1.94 bits per heavy atom. The third-order valence-corrected chi connectivity index (χ3v) is 12.8. The fourth-order valence-electron chi connectivity index (χ4n) is 8.97. The highest BCUT2D eigenvalue weighted by Gasteiger charge is 2.35. The molecule has 0 fully saturated rings. The van der Waals surface area contributed by atoms with E-state index in [-0.39, 0.29) is 5.41 Å². The Kier molecular flexibility index (Phi) is 6.80. The van der Waals surface area contributed by atoms with E-state index in [4.69, 9.17) is 0 Å². The molecule has 10 aromatic rings. The van der Waals surface area contributed by atoms with Crippen LogP contribution < -0.4 is 4.90 Å². The highest BCUT2D eigenvalue weighted by Crippen LogP contribution is 2.51. The van der Waals surface area contributed by atoms with E-state index in [0.717, 1.165) is 17.1 Å². The van der Waals surface area contributed by atoms with Crippen LogP contribution in [0.4, 0.5) is 17.1 Å². The summed E-state index contributed by atoms with van der Waals surface area (Å²) in [6, 6.07) is 66.9. The van der Waals surface area contributed by atoms with Gasteiger partial charge in [-0.2, -0.15) is 0 Å². The highest BCUT2D eigenvalue weighted by atomic mass is 32.1. The van der Waals surface area contributed by atoms with Crippen molar-refractivity contribution in [2.24, 2.45) is 0 Å². The van der Waals surface area contributed by atoms with Crippen LogP contribution in [0.15, 0.2) is 182 Å². The number of nitrogens with zero attached hydrogens (tertiary/aromatic N) is 2. The van der Waals surface area contributed by atoms with Crippen molar-refractivity contribution in [2.45, 2.75) is 19.3 Å². The number of thiophene rings is 1. The summed E-state index contributed by atoms with van der Waals surface area (Å²) in [6.07, 6.45) is 0. The normalized spacial score (nSPS) is 13.1. The summed E-state index contributed by atoms with van der Waals surface area (Å²) in [5.74, 6) is 0. The van der Waals surface area contributed by atoms with Crippen LogP contribution in [0.3, 0.4) is 0 Å². The van der Waals surface area contributed by atoms with E-state index in [2.05, 4.69) is 205 Å². The van der Waals surface area contributed by atoms with Crippen LogP contribution in [0, 0.1) is 0 Å². The van der Waals surface area contributed by atoms with E-state index in [1.807, 2.05) is 11.3 Å². The molecule has 2 nitrogen and oxygen atoms in total. The number of benzene rings is 8. The lowest BCUT2D eigenvalue weighted by atomic mass is 9.82. The molecule has 0 radical (unpaired) electrons. The summed E-state index contributed by atoms with van der Waals surface area (Å²) in [7, 11) is 0. The highest BCUT2D eigenvalue weighted by molar-refractivity contribution is 7.26. The molecule has 0 saturated carbocycles. The molecule has 1 aliphatic rings. The predicted octanol–water partition coefficient (Wildman–Crippen LogP) is 14.6. The first-order valence-corrected chi connectivity index (χ1v) is 19.5. The molecule has 0 spiro atoms. The van der Waals surface area contributed by atoms with Gasteiger partial charge >= 0.3 is 0 Å². The molecule has 1 aliphatic carbocycles. The summed E-state index contributed by atoms with van der Waals surface area (Å²) in [4.78, 5) is 2.42. The number of hydrogen-bond donors (Lipinski definition) is 0. The van der Waals surface area contributed by atoms with Gasteiger partial charge in [-0.15, -0.1) is 11.3 Å². The van der Waals surface area contributed by atoms with Crippen molar-refractivity contribution in [2.75, 3.05) is 4.90 Å². The van der Waals surface area contributed by atoms with Crippen LogP contribution in [0.25, 0.3) is 69.9 Å². The minimum absolute atomic E-state index is 0.0885. The first kappa shape index (κ1) is 31.1. The van der Waals surface area contributed by atoms with Crippen molar-refractivity contribution in [3.8, 4) is 27.9 Å². The summed E-state index contributed by atoms with van der Waals surface area (Å²) < 4.78 is 5.10. The number of para-hydroxylation sites is 2. The zero-order valence-electron chi connectivity index (χ0n) is 30.1. The van der Waals surface area contributed by atoms with Crippen molar-refractivity contribution in [1.82, 2.24) is 4.57 Å². The average molecular weight is 709 g/mol. The quantitative estimate of drug-likeness (QED) is 0.173. The van der Waals surface area contributed by atoms with Gasteiger partial charge in [0.25, 0.3) is 0 Å². The molecular weight excluding hydrogens is 673 g/mol. The SMILES string of the molecule is CC1(C)c2ccccc2-c2ccc(N(c3ccccc3)c3ccc4c(c3)c3ccc5c6cc(-c7ccccc7)ccc6sc5c3n4-c3ccccc3)cc21. The molecule has 8 aromatic carbocycles. The standard InChI is InChI=1S/C51H36N2S/c1-51(2)45-21-13-12-20-39(45)40-25-23-38(32-46(40)51)52(35-16-8-4-9-17-35)37-24-28-47-43(31-37)41-26-27-42-44-30-34(33-14-6-3-7-15-33)22-29-48(44)54-50(42)49(41)53(47)36-18-10-5-11-19-36/h3-32H,1-2H3. The lowest BCUT2D eigenvalue weighted by Gasteiger charge is -2.28. The molecule has 2 aromatic heterocycles. The number of fused-ring (bicyclic) bond motifs is 10. The second kappa shape index (κ2) is 11.8. The summed E-state index contributed by atoms with van der Waals surface area (Å²) in [5, 5.41) is 5.11. The molecule has 0 saturated heterocycles. The van der Waals surface area contributed by atoms with Crippen LogP contribution >= 0.6 is 11.3 Å². The Bertz CT molecular complexity index is 3060. The van der Waals surface area contributed by atoms with Gasteiger partial charge in [-0.25, -0.2) is 0 Å². The van der Waals surface area contributed by atoms with Crippen molar-refractivity contribution < 1.29 is 0 Å². The Morgan fingerprint density at radius 2 is 1.13 bits per heavy atom. The zero-order chi connectivity index (χ0) is 36.0. The Labute approximate surface area is 318 Å². The van der Waals surface area contributed by atoms with Gasteiger partial charge in [-0.05, 0) is 100 Å². The maximum absolute atomic E-state index is 2.48. The lowest BCUT2D eigenvalue weighted by molar-refractivity contribution is 0.660. The van der Waals surface area contributed by atoms with Crippen molar-refractivity contribution in [3.05, 3.63) is 193 Å². The van der Waals surface area contributed by atoms with Crippen molar-refractivity contribution >= 4 is 70.4 Å². The van der Waals surface area contributed by atoms with Gasteiger partial charge in [-0.1, -0.05) is 129 Å². The maximum Gasteiger partial charge on any atom is 0.0719 e. The van der Waals surface area contributed by atoms with Crippen LogP contribution in [0.5, 0.6) is 0 Å². The van der Waals surface area contributed by atoms with E-state index in [0.29, 0.717) is 0 Å². The lowest BCUT2D eigenvalue weighted by Crippen LogP contribution is -2.16. The number of rotatable bonds is 5. The van der Waals surface area contributed by atoms with Gasteiger partial charge < -0.3 is 9.47 Å². The molecule has 2 heterocycles. The van der Waals surface area contributed by atoms with Gasteiger partial charge in [0, 0.05) is 54.4 Å². The molecule has 256 valence electrons. The van der Waals surface area contributed by atoms with Gasteiger partial charge in [0.05, 0.1) is 15.7 Å². The fraction of sp³-hybridized carbons (Fsp3) is 0.0588. The molecule has 0 bridgehead atoms. The van der Waals surface area contributed by atoms with Gasteiger partial charge in [0.2, 0.25) is 0 Å². The molecule has 0 atom stereocenters. The van der Waals surface area contributed by atoms with E-state index in [9.17, 15) is 0 Å². The van der Waals surface area contributed by atoms with Gasteiger partial charge in [0.1, 0.15) is 0 Å². The van der Waals surface area contributed by atoms with Crippen LogP contribution in [-0.4, -0.2) is 4.57 Å². The maximum atomic E-state index is 2.48. The third kappa shape index (κ3) is 4.58. The number of anilines is 3.